The minimum atomic E-state index is -0.722. The Morgan fingerprint density at radius 3 is 2.25 bits per heavy atom. The summed E-state index contributed by atoms with van der Waals surface area (Å²) in [5.74, 6) is -0.947. The van der Waals surface area contributed by atoms with Crippen molar-refractivity contribution in [1.82, 2.24) is 0 Å². The molecule has 20 heavy (non-hydrogen) atoms. The van der Waals surface area contributed by atoms with Crippen molar-refractivity contribution < 1.29 is 18.0 Å². The number of nitrogens with one attached hydrogen (secondary N) is 1. The van der Waals surface area contributed by atoms with E-state index in [1.807, 2.05) is 0 Å². The molecule has 0 aliphatic carbocycles. The lowest BCUT2D eigenvalue weighted by molar-refractivity contribution is 0.102. The summed E-state index contributed by atoms with van der Waals surface area (Å²) in [5, 5.41) is 2.45. The number of amides is 1. The number of hydrogen-bond acceptors (Lipinski definition) is 2. The molecule has 106 valence electrons. The maximum Gasteiger partial charge on any atom is 0.260 e. The van der Waals surface area contributed by atoms with Crippen LogP contribution in [0, 0.1) is 29.1 Å². The molecule has 2 rings (SSSR count). The quantitative estimate of drug-likeness (QED) is 0.522. The summed E-state index contributed by atoms with van der Waals surface area (Å²) < 4.78 is 32.6. The first-order valence-electron chi connectivity index (χ1n) is 5.52. The SMILES string of the molecule is Cc1oc(C)c(C(=O)Nc2cc(F)c(I)c(F)c2)c1Br. The lowest BCUT2D eigenvalue weighted by atomic mass is 10.2. The third-order valence-corrected chi connectivity index (χ3v) is 4.64. The molecule has 0 spiro atoms. The molecule has 0 aliphatic rings. The van der Waals surface area contributed by atoms with Gasteiger partial charge < -0.3 is 9.73 Å². The van der Waals surface area contributed by atoms with E-state index in [4.69, 9.17) is 4.42 Å². The zero-order valence-corrected chi connectivity index (χ0v) is 14.2. The molecule has 0 fully saturated rings. The largest absolute Gasteiger partial charge is 0.465 e. The van der Waals surface area contributed by atoms with Crippen molar-refractivity contribution in [1.29, 1.82) is 0 Å². The van der Waals surface area contributed by atoms with Gasteiger partial charge in [0.1, 0.15) is 23.2 Å². The molecule has 2 aromatic rings. The zero-order chi connectivity index (χ0) is 15.0. The Morgan fingerprint density at radius 1 is 1.25 bits per heavy atom. The van der Waals surface area contributed by atoms with E-state index in [1.165, 1.54) is 0 Å². The maximum atomic E-state index is 13.4. The first-order valence-corrected chi connectivity index (χ1v) is 7.39. The average Bonchev–Trinajstić information content (AvgIpc) is 2.60. The number of furan rings is 1. The molecule has 0 atom stereocenters. The summed E-state index contributed by atoms with van der Waals surface area (Å²) in [7, 11) is 0. The molecular formula is C13H9BrF2INO2. The summed E-state index contributed by atoms with van der Waals surface area (Å²) in [6.07, 6.45) is 0. The Balaban J connectivity index is 2.33. The number of aryl methyl sites for hydroxylation is 2. The van der Waals surface area contributed by atoms with Crippen molar-refractivity contribution in [3.63, 3.8) is 0 Å². The molecule has 0 aliphatic heterocycles. The molecule has 0 saturated heterocycles. The molecule has 0 unspecified atom stereocenters. The van der Waals surface area contributed by atoms with Gasteiger partial charge in [-0.1, -0.05) is 0 Å². The van der Waals surface area contributed by atoms with Gasteiger partial charge in [-0.15, -0.1) is 0 Å². The third-order valence-electron chi connectivity index (χ3n) is 2.66. The number of rotatable bonds is 2. The second kappa shape index (κ2) is 5.80. The van der Waals surface area contributed by atoms with Crippen LogP contribution < -0.4 is 5.32 Å². The highest BCUT2D eigenvalue weighted by molar-refractivity contribution is 14.1. The van der Waals surface area contributed by atoms with Gasteiger partial charge in [-0.05, 0) is 64.5 Å². The standard InChI is InChI=1S/C13H9BrF2INO2/c1-5-10(11(14)6(2)20-5)13(19)18-7-3-8(15)12(17)9(16)4-7/h3-4H,1-2H3,(H,18,19). The van der Waals surface area contributed by atoms with E-state index in [0.29, 0.717) is 21.6 Å². The number of anilines is 1. The first kappa shape index (κ1) is 15.4. The maximum absolute atomic E-state index is 13.4. The molecule has 1 aromatic heterocycles. The van der Waals surface area contributed by atoms with E-state index in [-0.39, 0.29) is 9.26 Å². The van der Waals surface area contributed by atoms with Crippen LogP contribution in [0.2, 0.25) is 0 Å². The van der Waals surface area contributed by atoms with Gasteiger partial charge in [-0.3, -0.25) is 4.79 Å². The molecular weight excluding hydrogens is 447 g/mol. The molecule has 1 N–H and O–H groups in total. The zero-order valence-electron chi connectivity index (χ0n) is 10.5. The molecule has 0 saturated carbocycles. The molecule has 7 heteroatoms. The van der Waals surface area contributed by atoms with E-state index < -0.39 is 17.5 Å². The predicted octanol–water partition coefficient (Wildman–Crippen LogP) is 4.79. The summed E-state index contributed by atoms with van der Waals surface area (Å²) in [4.78, 5) is 12.1. The van der Waals surface area contributed by atoms with Crippen LogP contribution in [0.15, 0.2) is 21.0 Å². The highest BCUT2D eigenvalue weighted by Crippen LogP contribution is 2.28. The van der Waals surface area contributed by atoms with Crippen LogP contribution in [-0.4, -0.2) is 5.91 Å². The van der Waals surface area contributed by atoms with Crippen LogP contribution in [0.1, 0.15) is 21.9 Å². The monoisotopic (exact) mass is 455 g/mol. The molecule has 0 radical (unpaired) electrons. The van der Waals surface area contributed by atoms with Gasteiger partial charge in [0.15, 0.2) is 0 Å². The summed E-state index contributed by atoms with van der Waals surface area (Å²) in [5.41, 5.74) is 0.359. The average molecular weight is 456 g/mol. The smallest absolute Gasteiger partial charge is 0.260 e. The highest BCUT2D eigenvalue weighted by atomic mass is 127. The minimum Gasteiger partial charge on any atom is -0.465 e. The predicted molar refractivity (Wildman–Crippen MR) is 82.9 cm³/mol. The fourth-order valence-electron chi connectivity index (χ4n) is 1.74. The minimum absolute atomic E-state index is 0.0515. The Hall–Kier alpha value is -0.960. The molecule has 1 heterocycles. The van der Waals surface area contributed by atoms with E-state index in [9.17, 15) is 13.6 Å². The Morgan fingerprint density at radius 2 is 1.80 bits per heavy atom. The highest BCUT2D eigenvalue weighted by Gasteiger charge is 2.20. The van der Waals surface area contributed by atoms with Crippen LogP contribution in [0.3, 0.4) is 0 Å². The second-order valence-corrected chi connectivity index (χ2v) is 5.98. The van der Waals surface area contributed by atoms with E-state index in [1.54, 1.807) is 36.4 Å². The number of carbonyl (C=O) groups is 1. The van der Waals surface area contributed by atoms with Crippen molar-refractivity contribution in [2.24, 2.45) is 0 Å². The van der Waals surface area contributed by atoms with E-state index in [0.717, 1.165) is 12.1 Å². The van der Waals surface area contributed by atoms with Crippen LogP contribution >= 0.6 is 38.5 Å². The van der Waals surface area contributed by atoms with Gasteiger partial charge in [0.2, 0.25) is 0 Å². The van der Waals surface area contributed by atoms with E-state index in [2.05, 4.69) is 21.2 Å². The fourth-order valence-corrected chi connectivity index (χ4v) is 2.59. The molecule has 0 bridgehead atoms. The van der Waals surface area contributed by atoms with E-state index >= 15 is 0 Å². The van der Waals surface area contributed by atoms with Crippen LogP contribution in [0.25, 0.3) is 0 Å². The van der Waals surface area contributed by atoms with Crippen molar-refractivity contribution >= 4 is 50.1 Å². The lowest BCUT2D eigenvalue weighted by Gasteiger charge is -2.06. The summed E-state index contributed by atoms with van der Waals surface area (Å²) in [6.45, 7) is 3.35. The van der Waals surface area contributed by atoms with Gasteiger partial charge >= 0.3 is 0 Å². The van der Waals surface area contributed by atoms with Crippen molar-refractivity contribution in [3.05, 3.63) is 48.9 Å². The Kier molecular flexibility index (Phi) is 4.48. The normalized spacial score (nSPS) is 10.7. The fraction of sp³-hybridized carbons (Fsp3) is 0.154. The topological polar surface area (TPSA) is 42.2 Å². The summed E-state index contributed by atoms with van der Waals surface area (Å²) >= 11 is 4.81. The number of benzene rings is 1. The van der Waals surface area contributed by atoms with Gasteiger partial charge in [-0.25, -0.2) is 8.78 Å². The van der Waals surface area contributed by atoms with Gasteiger partial charge in [0, 0.05) is 5.69 Å². The number of carbonyl (C=O) groups excluding carboxylic acids is 1. The van der Waals surface area contributed by atoms with Crippen molar-refractivity contribution in [2.75, 3.05) is 5.32 Å². The molecule has 1 aromatic carbocycles. The van der Waals surface area contributed by atoms with Gasteiger partial charge in [-0.2, -0.15) is 0 Å². The Labute approximate surface area is 136 Å². The third kappa shape index (κ3) is 2.88. The number of hydrogen-bond donors (Lipinski definition) is 1. The molecule has 3 nitrogen and oxygen atoms in total. The van der Waals surface area contributed by atoms with Gasteiger partial charge in [0.25, 0.3) is 5.91 Å². The summed E-state index contributed by atoms with van der Waals surface area (Å²) in [6, 6.07) is 2.14. The van der Waals surface area contributed by atoms with Crippen LogP contribution in [0.4, 0.5) is 14.5 Å². The van der Waals surface area contributed by atoms with Crippen molar-refractivity contribution in [3.8, 4) is 0 Å². The Bertz CT molecular complexity index is 677. The first-order chi connectivity index (χ1) is 9.31. The van der Waals surface area contributed by atoms with Crippen molar-refractivity contribution in [2.45, 2.75) is 13.8 Å². The lowest BCUT2D eigenvalue weighted by Crippen LogP contribution is -2.13. The van der Waals surface area contributed by atoms with Gasteiger partial charge in [0.05, 0.1) is 13.6 Å². The molecule has 1 amide bonds. The number of halogens is 4. The van der Waals surface area contributed by atoms with Crippen LogP contribution in [0.5, 0.6) is 0 Å². The second-order valence-electron chi connectivity index (χ2n) is 4.11. The van der Waals surface area contributed by atoms with Crippen LogP contribution in [-0.2, 0) is 0 Å².